The monoisotopic (exact) mass is 290 g/mol. The number of aliphatic imine (C=N–C) groups is 1. The SMILES string of the molecule is CCNC(=NCCc1ccsc1)NCCn1cccc1. The van der Waals surface area contributed by atoms with Crippen molar-refractivity contribution in [1.82, 2.24) is 15.2 Å². The fourth-order valence-electron chi connectivity index (χ4n) is 1.90. The molecule has 0 radical (unpaired) electrons. The smallest absolute Gasteiger partial charge is 0.191 e. The highest BCUT2D eigenvalue weighted by molar-refractivity contribution is 7.07. The van der Waals surface area contributed by atoms with Gasteiger partial charge in [-0.25, -0.2) is 0 Å². The molecule has 4 nitrogen and oxygen atoms in total. The molecule has 0 aromatic carbocycles. The lowest BCUT2D eigenvalue weighted by Gasteiger charge is -2.11. The van der Waals surface area contributed by atoms with E-state index in [0.717, 1.165) is 38.6 Å². The van der Waals surface area contributed by atoms with Crippen LogP contribution in [0.1, 0.15) is 12.5 Å². The highest BCUT2D eigenvalue weighted by Gasteiger charge is 1.97. The first-order valence-electron chi connectivity index (χ1n) is 7.02. The number of nitrogens with zero attached hydrogens (tertiary/aromatic N) is 2. The van der Waals surface area contributed by atoms with Gasteiger partial charge in [-0.15, -0.1) is 0 Å². The lowest BCUT2D eigenvalue weighted by molar-refractivity contribution is 0.665. The maximum atomic E-state index is 4.60. The highest BCUT2D eigenvalue weighted by atomic mass is 32.1. The molecule has 108 valence electrons. The topological polar surface area (TPSA) is 41.4 Å². The van der Waals surface area contributed by atoms with Gasteiger partial charge in [0.05, 0.1) is 0 Å². The molecule has 0 aliphatic heterocycles. The molecule has 2 aromatic heterocycles. The Morgan fingerprint density at radius 2 is 2.15 bits per heavy atom. The molecule has 0 amide bonds. The molecule has 20 heavy (non-hydrogen) atoms. The highest BCUT2D eigenvalue weighted by Crippen LogP contribution is 2.06. The molecule has 2 N–H and O–H groups in total. The fourth-order valence-corrected chi connectivity index (χ4v) is 2.60. The van der Waals surface area contributed by atoms with Gasteiger partial charge in [-0.2, -0.15) is 11.3 Å². The van der Waals surface area contributed by atoms with Gasteiger partial charge < -0.3 is 15.2 Å². The molecule has 2 heterocycles. The van der Waals surface area contributed by atoms with E-state index < -0.39 is 0 Å². The van der Waals surface area contributed by atoms with Gasteiger partial charge in [0.2, 0.25) is 0 Å². The molecule has 0 spiro atoms. The van der Waals surface area contributed by atoms with Crippen molar-refractivity contribution in [3.63, 3.8) is 0 Å². The van der Waals surface area contributed by atoms with E-state index in [9.17, 15) is 0 Å². The van der Waals surface area contributed by atoms with E-state index in [4.69, 9.17) is 0 Å². The zero-order valence-electron chi connectivity index (χ0n) is 11.9. The van der Waals surface area contributed by atoms with Gasteiger partial charge in [0, 0.05) is 38.6 Å². The zero-order valence-corrected chi connectivity index (χ0v) is 12.7. The summed E-state index contributed by atoms with van der Waals surface area (Å²) in [7, 11) is 0. The Balaban J connectivity index is 1.73. The van der Waals surface area contributed by atoms with E-state index in [1.165, 1.54) is 5.56 Å². The second kappa shape index (κ2) is 8.43. The molecular formula is C15H22N4S. The molecule has 0 saturated carbocycles. The van der Waals surface area contributed by atoms with Crippen LogP contribution in [-0.2, 0) is 13.0 Å². The molecule has 0 unspecified atom stereocenters. The van der Waals surface area contributed by atoms with Crippen LogP contribution in [0, 0.1) is 0 Å². The van der Waals surface area contributed by atoms with Gasteiger partial charge in [-0.3, -0.25) is 4.99 Å². The quantitative estimate of drug-likeness (QED) is 0.607. The van der Waals surface area contributed by atoms with E-state index in [0.29, 0.717) is 0 Å². The Bertz CT molecular complexity index is 488. The Morgan fingerprint density at radius 1 is 1.30 bits per heavy atom. The van der Waals surface area contributed by atoms with Crippen LogP contribution in [0.2, 0.25) is 0 Å². The number of guanidine groups is 1. The van der Waals surface area contributed by atoms with Gasteiger partial charge in [-0.05, 0) is 47.9 Å². The molecule has 0 saturated heterocycles. The van der Waals surface area contributed by atoms with Crippen molar-refractivity contribution >= 4 is 17.3 Å². The molecule has 0 aliphatic rings. The van der Waals surface area contributed by atoms with Gasteiger partial charge in [0.1, 0.15) is 0 Å². The molecule has 2 rings (SSSR count). The number of thiophene rings is 1. The summed E-state index contributed by atoms with van der Waals surface area (Å²) in [4.78, 5) is 4.60. The second-order valence-corrected chi connectivity index (χ2v) is 5.27. The van der Waals surface area contributed by atoms with Crippen molar-refractivity contribution in [1.29, 1.82) is 0 Å². The first-order valence-corrected chi connectivity index (χ1v) is 7.97. The molecule has 0 bridgehead atoms. The van der Waals surface area contributed by atoms with Gasteiger partial charge in [0.25, 0.3) is 0 Å². The van der Waals surface area contributed by atoms with E-state index >= 15 is 0 Å². The van der Waals surface area contributed by atoms with E-state index in [1.54, 1.807) is 11.3 Å². The standard InChI is InChI=1S/C15H22N4S/c1-2-16-15(17-7-5-14-6-12-20-13-14)18-8-11-19-9-3-4-10-19/h3-4,6,9-10,12-13H,2,5,7-8,11H2,1H3,(H2,16,17,18). The van der Waals surface area contributed by atoms with E-state index in [2.05, 4.69) is 56.3 Å². The van der Waals surface area contributed by atoms with Crippen molar-refractivity contribution in [2.24, 2.45) is 4.99 Å². The van der Waals surface area contributed by atoms with Crippen LogP contribution in [-0.4, -0.2) is 30.2 Å². The third kappa shape index (κ3) is 5.09. The first-order chi connectivity index (χ1) is 9.88. The molecule has 0 atom stereocenters. The summed E-state index contributed by atoms with van der Waals surface area (Å²) in [6.07, 6.45) is 5.14. The largest absolute Gasteiger partial charge is 0.357 e. The van der Waals surface area contributed by atoms with Gasteiger partial charge in [-0.1, -0.05) is 0 Å². The lowest BCUT2D eigenvalue weighted by atomic mass is 10.2. The number of rotatable bonds is 7. The van der Waals surface area contributed by atoms with Crippen molar-refractivity contribution in [2.45, 2.75) is 19.9 Å². The molecule has 0 fully saturated rings. The molecule has 0 aliphatic carbocycles. The maximum Gasteiger partial charge on any atom is 0.191 e. The van der Waals surface area contributed by atoms with Crippen molar-refractivity contribution in [2.75, 3.05) is 19.6 Å². The third-order valence-corrected chi connectivity index (χ3v) is 3.66. The Labute approximate surface area is 124 Å². The van der Waals surface area contributed by atoms with Crippen LogP contribution in [0.15, 0.2) is 46.3 Å². The van der Waals surface area contributed by atoms with Crippen LogP contribution in [0.25, 0.3) is 0 Å². The second-order valence-electron chi connectivity index (χ2n) is 4.49. The van der Waals surface area contributed by atoms with Crippen LogP contribution in [0.4, 0.5) is 0 Å². The third-order valence-electron chi connectivity index (χ3n) is 2.92. The molecule has 5 heteroatoms. The number of hydrogen-bond acceptors (Lipinski definition) is 2. The molecule has 2 aromatic rings. The van der Waals surface area contributed by atoms with Crippen molar-refractivity contribution < 1.29 is 0 Å². The summed E-state index contributed by atoms with van der Waals surface area (Å²) >= 11 is 1.74. The lowest BCUT2D eigenvalue weighted by Crippen LogP contribution is -2.39. The van der Waals surface area contributed by atoms with E-state index in [-0.39, 0.29) is 0 Å². The van der Waals surface area contributed by atoms with Crippen LogP contribution >= 0.6 is 11.3 Å². The van der Waals surface area contributed by atoms with Crippen LogP contribution in [0.3, 0.4) is 0 Å². The van der Waals surface area contributed by atoms with Crippen molar-refractivity contribution in [3.05, 3.63) is 46.9 Å². The Kier molecular flexibility index (Phi) is 6.17. The minimum Gasteiger partial charge on any atom is -0.357 e. The number of hydrogen-bond donors (Lipinski definition) is 2. The van der Waals surface area contributed by atoms with Gasteiger partial charge >= 0.3 is 0 Å². The summed E-state index contributed by atoms with van der Waals surface area (Å²) in [6.45, 7) is 5.60. The van der Waals surface area contributed by atoms with Crippen LogP contribution in [0.5, 0.6) is 0 Å². The predicted molar refractivity (Wildman–Crippen MR) is 86.4 cm³/mol. The Hall–Kier alpha value is -1.75. The maximum absolute atomic E-state index is 4.60. The summed E-state index contributed by atoms with van der Waals surface area (Å²) in [5.74, 6) is 0.898. The summed E-state index contributed by atoms with van der Waals surface area (Å²) in [5.41, 5.74) is 1.36. The normalized spacial score (nSPS) is 11.6. The minimum absolute atomic E-state index is 0.815. The predicted octanol–water partition coefficient (Wildman–Crippen LogP) is 2.35. The van der Waals surface area contributed by atoms with Gasteiger partial charge in [0.15, 0.2) is 5.96 Å². The Morgan fingerprint density at radius 3 is 2.85 bits per heavy atom. The molecular weight excluding hydrogens is 268 g/mol. The summed E-state index contributed by atoms with van der Waals surface area (Å²) in [6, 6.07) is 6.24. The average molecular weight is 290 g/mol. The first kappa shape index (κ1) is 14.7. The minimum atomic E-state index is 0.815. The van der Waals surface area contributed by atoms with Crippen LogP contribution < -0.4 is 10.6 Å². The number of nitrogens with one attached hydrogen (secondary N) is 2. The number of aromatic nitrogens is 1. The average Bonchev–Trinajstić information content (AvgIpc) is 3.11. The van der Waals surface area contributed by atoms with E-state index in [1.807, 2.05) is 12.1 Å². The summed E-state index contributed by atoms with van der Waals surface area (Å²) < 4.78 is 2.15. The fraction of sp³-hybridized carbons (Fsp3) is 0.400. The summed E-state index contributed by atoms with van der Waals surface area (Å²) in [5, 5.41) is 10.9. The zero-order chi connectivity index (χ0) is 14.0. The van der Waals surface area contributed by atoms with Crippen molar-refractivity contribution in [3.8, 4) is 0 Å².